The minimum absolute atomic E-state index is 0.244. The van der Waals surface area contributed by atoms with Crippen LogP contribution in [0.1, 0.15) is 133 Å². The van der Waals surface area contributed by atoms with Crippen molar-refractivity contribution in [1.82, 2.24) is 20.2 Å². The Kier molecular flexibility index (Phi) is 27.3. The number of aryl methyl sites for hydroxylation is 1. The largest absolute Gasteiger partial charge is 0.480 e. The zero-order valence-electron chi connectivity index (χ0n) is 49.6. The molecule has 0 radical (unpaired) electrons. The second-order valence-electron chi connectivity index (χ2n) is 22.8. The molecule has 6 N–H and O–H groups in total. The van der Waals surface area contributed by atoms with Gasteiger partial charge in [0.05, 0.1) is 23.3 Å². The van der Waals surface area contributed by atoms with E-state index in [1.807, 2.05) is 17.8 Å². The lowest BCUT2D eigenvalue weighted by atomic mass is 9.82. The van der Waals surface area contributed by atoms with Crippen molar-refractivity contribution in [2.45, 2.75) is 157 Å². The number of hydrogen-bond acceptors (Lipinski definition) is 14. The van der Waals surface area contributed by atoms with Gasteiger partial charge in [0, 0.05) is 19.4 Å². The number of imidazole rings is 1. The number of alkyl carbamates (subject to hydrolysis) is 2. The molecule has 0 bridgehead atoms. The fraction of sp³-hybridized carbons (Fsp3) is 0.450. The average Bonchev–Trinajstić information content (AvgIpc) is 3.74. The number of hydrogen-bond donors (Lipinski definition) is 6. The number of aliphatic hydroxyl groups excluding tert-OH is 1. The Labute approximate surface area is 477 Å². The van der Waals surface area contributed by atoms with Crippen LogP contribution in [0.2, 0.25) is 0 Å². The Balaban J connectivity index is 0.000000562. The van der Waals surface area contributed by atoms with Gasteiger partial charge in [0.2, 0.25) is 0 Å². The van der Waals surface area contributed by atoms with Gasteiger partial charge in [-0.1, -0.05) is 48.5 Å². The quantitative estimate of drug-likeness (QED) is 0.0311. The molecule has 0 saturated heterocycles. The highest BCUT2D eigenvalue weighted by molar-refractivity contribution is 5.90. The number of carboxylic acid groups (broad SMARTS) is 1. The number of nitrogens with zero attached hydrogens (tertiary/aromatic N) is 2. The second-order valence-corrected chi connectivity index (χ2v) is 22.8. The van der Waals surface area contributed by atoms with Crippen LogP contribution >= 0.6 is 0 Å². The van der Waals surface area contributed by atoms with E-state index in [1.54, 1.807) is 95.6 Å². The first-order valence-electron chi connectivity index (χ1n) is 25.7. The standard InChI is InChI=1S/C23H27F2NO5.C15H14F2O2.C10H18O3.C8H15NO4.C4H6N2/c1-14(26-21(28)31-22(3,4)5)20(27)30-15(2)23(29,16-6-10-18(24)11-7-16)17-8-12-19(25)13-9-17;1-10(18)15(19,11-2-6-13(16)7-3-11)12-4-8-14(17)9-5-12;1-9(2,3)7(11)13-8(12)10(4,5)6;1-5(6(10)11)9-7(12)13-8(2,3)4;1-6-3-2-5-4-6/h6-15,29H,1-5H3,(H,26,28);2-10,18-19H,1H3;1-6H3;5H,1-4H3,(H,9,12)(H,10,11);2-4H,1H3/t14-,15-;10-;;5-;/m00.0./s1. The van der Waals surface area contributed by atoms with Crippen LogP contribution in [0.15, 0.2) is 116 Å². The summed E-state index contributed by atoms with van der Waals surface area (Å²) in [6.45, 7) is 26.1. The van der Waals surface area contributed by atoms with Gasteiger partial charge in [0.1, 0.15) is 58.3 Å². The summed E-state index contributed by atoms with van der Waals surface area (Å²) in [4.78, 5) is 72.1. The van der Waals surface area contributed by atoms with Crippen molar-refractivity contribution in [3.8, 4) is 0 Å². The average molecular weight is 1160 g/mol. The molecule has 0 spiro atoms. The van der Waals surface area contributed by atoms with Crippen LogP contribution in [-0.4, -0.2) is 102 Å². The number of aliphatic carboxylic acids is 1. The maximum Gasteiger partial charge on any atom is 0.408 e. The van der Waals surface area contributed by atoms with Crippen LogP contribution in [0.25, 0.3) is 0 Å². The molecule has 0 aliphatic rings. The first-order chi connectivity index (χ1) is 37.4. The molecule has 4 aromatic carbocycles. The molecule has 2 amide bonds. The van der Waals surface area contributed by atoms with Crippen LogP contribution < -0.4 is 10.6 Å². The van der Waals surface area contributed by atoms with Crippen molar-refractivity contribution in [3.63, 3.8) is 0 Å². The molecule has 1 aromatic heterocycles. The molecular formula is C60H80F4N4O14. The zero-order valence-corrected chi connectivity index (χ0v) is 49.6. The molecule has 82 heavy (non-hydrogen) atoms. The predicted octanol–water partition coefficient (Wildman–Crippen LogP) is 10.2. The SMILES string of the molecule is CC(C)(C)C(=O)OC(=O)C(C)(C)C.C[C@H](NC(=O)OC(C)(C)C)C(=O)O.C[C@H](NC(=O)OC(C)(C)C)C(=O)O[C@@H](C)C(O)(c1ccc(F)cc1)c1ccc(F)cc1.C[C@H](O)C(O)(c1ccc(F)cc1)c1ccc(F)cc1.Cn1ccnc1. The maximum atomic E-state index is 13.4. The lowest BCUT2D eigenvalue weighted by Crippen LogP contribution is -2.47. The highest BCUT2D eigenvalue weighted by Gasteiger charge is 2.42. The first kappa shape index (κ1) is 72.3. The van der Waals surface area contributed by atoms with E-state index in [9.17, 15) is 61.6 Å². The molecule has 0 unspecified atom stereocenters. The highest BCUT2D eigenvalue weighted by Crippen LogP contribution is 2.36. The number of halogens is 4. The van der Waals surface area contributed by atoms with E-state index in [0.717, 1.165) is 24.3 Å². The number of aromatic nitrogens is 2. The lowest BCUT2D eigenvalue weighted by Gasteiger charge is -2.35. The van der Waals surface area contributed by atoms with Gasteiger partial charge in [-0.05, 0) is 182 Å². The lowest BCUT2D eigenvalue weighted by molar-refractivity contribution is -0.171. The Hall–Kier alpha value is -7.69. The number of carboxylic acids is 1. The molecule has 4 atom stereocenters. The van der Waals surface area contributed by atoms with Crippen molar-refractivity contribution < 1.29 is 85.7 Å². The zero-order chi connectivity index (χ0) is 63.4. The summed E-state index contributed by atoms with van der Waals surface area (Å²) in [5.74, 6) is -4.76. The number of carbonyl (C=O) groups is 6. The van der Waals surface area contributed by atoms with E-state index >= 15 is 0 Å². The number of nitrogens with one attached hydrogen (secondary N) is 2. The molecule has 0 saturated carbocycles. The van der Waals surface area contributed by atoms with Crippen LogP contribution in [0.5, 0.6) is 0 Å². The summed E-state index contributed by atoms with van der Waals surface area (Å²) in [5.41, 5.74) is -5.03. The second kappa shape index (κ2) is 30.9. The van der Waals surface area contributed by atoms with Crippen LogP contribution in [-0.2, 0) is 56.4 Å². The number of rotatable bonds is 11. The summed E-state index contributed by atoms with van der Waals surface area (Å²) in [5, 5.41) is 45.1. The van der Waals surface area contributed by atoms with Gasteiger partial charge in [-0.15, -0.1) is 0 Å². The molecule has 5 rings (SSSR count). The monoisotopic (exact) mass is 1160 g/mol. The molecular weight excluding hydrogens is 1080 g/mol. The maximum absolute atomic E-state index is 13.4. The van der Waals surface area contributed by atoms with E-state index in [1.165, 1.54) is 100 Å². The fourth-order valence-electron chi connectivity index (χ4n) is 6.27. The summed E-state index contributed by atoms with van der Waals surface area (Å²) in [6.07, 6.45) is 1.57. The molecule has 5 aromatic rings. The Morgan fingerprint density at radius 3 is 1.06 bits per heavy atom. The minimum Gasteiger partial charge on any atom is -0.480 e. The van der Waals surface area contributed by atoms with E-state index in [0.29, 0.717) is 11.1 Å². The third-order valence-corrected chi connectivity index (χ3v) is 10.9. The smallest absolute Gasteiger partial charge is 0.408 e. The molecule has 22 heteroatoms. The highest BCUT2D eigenvalue weighted by atomic mass is 19.1. The van der Waals surface area contributed by atoms with Gasteiger partial charge in [-0.25, -0.2) is 36.9 Å². The van der Waals surface area contributed by atoms with Crippen molar-refractivity contribution in [3.05, 3.63) is 161 Å². The molecule has 0 aliphatic heterocycles. The van der Waals surface area contributed by atoms with E-state index in [2.05, 4.69) is 15.6 Å². The number of carbonyl (C=O) groups excluding carboxylic acids is 5. The third kappa shape index (κ3) is 25.0. The van der Waals surface area contributed by atoms with Crippen molar-refractivity contribution >= 4 is 36.1 Å². The van der Waals surface area contributed by atoms with Crippen LogP contribution in [0, 0.1) is 34.1 Å². The van der Waals surface area contributed by atoms with Crippen LogP contribution in [0.3, 0.4) is 0 Å². The molecule has 0 aliphatic carbocycles. The first-order valence-corrected chi connectivity index (χ1v) is 25.7. The Morgan fingerprint density at radius 2 is 0.829 bits per heavy atom. The molecule has 452 valence electrons. The number of benzene rings is 4. The van der Waals surface area contributed by atoms with Gasteiger partial charge in [0.15, 0.2) is 5.60 Å². The van der Waals surface area contributed by atoms with Crippen LogP contribution in [0.4, 0.5) is 27.2 Å². The Bertz CT molecular complexity index is 2690. The molecule has 18 nitrogen and oxygen atoms in total. The molecule has 1 heterocycles. The predicted molar refractivity (Wildman–Crippen MR) is 297 cm³/mol. The number of aliphatic hydroxyl groups is 3. The fourth-order valence-corrected chi connectivity index (χ4v) is 6.27. The van der Waals surface area contributed by atoms with Gasteiger partial charge in [-0.3, -0.25) is 14.4 Å². The van der Waals surface area contributed by atoms with E-state index in [-0.39, 0.29) is 11.1 Å². The molecule has 0 fully saturated rings. The van der Waals surface area contributed by atoms with Gasteiger partial charge in [0.25, 0.3) is 0 Å². The minimum atomic E-state index is -1.90. The van der Waals surface area contributed by atoms with Crippen molar-refractivity contribution in [1.29, 1.82) is 0 Å². The van der Waals surface area contributed by atoms with Crippen molar-refractivity contribution in [2.75, 3.05) is 0 Å². The number of ether oxygens (including phenoxy) is 4. The van der Waals surface area contributed by atoms with Crippen molar-refractivity contribution in [2.24, 2.45) is 17.9 Å². The number of amides is 2. The summed E-state index contributed by atoms with van der Waals surface area (Å²) < 4.78 is 74.7. The van der Waals surface area contributed by atoms with E-state index < -0.39 is 117 Å². The Morgan fingerprint density at radius 1 is 0.524 bits per heavy atom. The number of esters is 3. The van der Waals surface area contributed by atoms with E-state index in [4.69, 9.17) is 24.1 Å². The summed E-state index contributed by atoms with van der Waals surface area (Å²) >= 11 is 0. The third-order valence-electron chi connectivity index (χ3n) is 10.9. The van der Waals surface area contributed by atoms with Gasteiger partial charge in [-0.2, -0.15) is 0 Å². The summed E-state index contributed by atoms with van der Waals surface area (Å²) in [7, 11) is 1.94. The van der Waals surface area contributed by atoms with Gasteiger partial charge >= 0.3 is 36.1 Å². The van der Waals surface area contributed by atoms with Gasteiger partial charge < -0.3 is 54.6 Å². The topological polar surface area (TPSA) is 262 Å². The normalized spacial score (nSPS) is 13.0. The summed E-state index contributed by atoms with van der Waals surface area (Å²) in [6, 6.07) is 18.4.